The molecular formula is C12H15Cl2NO2S. The zero-order valence-corrected chi connectivity index (χ0v) is 12.5. The smallest absolute Gasteiger partial charge is 0.230 e. The third-order valence-electron chi connectivity index (χ3n) is 2.09. The van der Waals surface area contributed by atoms with Crippen LogP contribution >= 0.6 is 35.0 Å². The molecule has 0 aromatic heterocycles. The minimum atomic E-state index is -0.0689. The molecule has 1 amide bonds. The van der Waals surface area contributed by atoms with Gasteiger partial charge in [-0.2, -0.15) is 0 Å². The van der Waals surface area contributed by atoms with Gasteiger partial charge in [0.1, 0.15) is 0 Å². The van der Waals surface area contributed by atoms with E-state index in [9.17, 15) is 4.79 Å². The molecule has 0 heterocycles. The lowest BCUT2D eigenvalue weighted by Gasteiger charge is -2.13. The van der Waals surface area contributed by atoms with E-state index in [1.807, 2.05) is 6.92 Å². The van der Waals surface area contributed by atoms with Crippen molar-refractivity contribution in [2.45, 2.75) is 17.9 Å². The number of amides is 1. The Morgan fingerprint density at radius 2 is 2.06 bits per heavy atom. The second-order valence-corrected chi connectivity index (χ2v) is 5.56. The SMILES string of the molecule is COC[C@@H](C)NC(=O)CSc1c(Cl)cccc1Cl. The topological polar surface area (TPSA) is 38.3 Å². The van der Waals surface area contributed by atoms with Crippen molar-refractivity contribution in [1.29, 1.82) is 0 Å². The van der Waals surface area contributed by atoms with Crippen LogP contribution in [0.4, 0.5) is 0 Å². The van der Waals surface area contributed by atoms with Crippen molar-refractivity contribution in [1.82, 2.24) is 5.32 Å². The highest BCUT2D eigenvalue weighted by Crippen LogP contribution is 2.33. The number of benzene rings is 1. The minimum Gasteiger partial charge on any atom is -0.383 e. The molecule has 0 radical (unpaired) electrons. The van der Waals surface area contributed by atoms with Gasteiger partial charge in [0.15, 0.2) is 0 Å². The van der Waals surface area contributed by atoms with E-state index in [1.54, 1.807) is 25.3 Å². The van der Waals surface area contributed by atoms with Crippen LogP contribution in [0.1, 0.15) is 6.92 Å². The van der Waals surface area contributed by atoms with E-state index < -0.39 is 0 Å². The molecule has 0 saturated carbocycles. The summed E-state index contributed by atoms with van der Waals surface area (Å²) in [7, 11) is 1.60. The van der Waals surface area contributed by atoms with Crippen molar-refractivity contribution in [3.8, 4) is 0 Å². The quantitative estimate of drug-likeness (QED) is 0.820. The lowest BCUT2D eigenvalue weighted by Crippen LogP contribution is -2.36. The lowest BCUT2D eigenvalue weighted by atomic mass is 10.3. The maximum Gasteiger partial charge on any atom is 0.230 e. The fourth-order valence-electron chi connectivity index (χ4n) is 1.37. The van der Waals surface area contributed by atoms with E-state index in [0.717, 1.165) is 4.90 Å². The normalized spacial score (nSPS) is 12.2. The number of methoxy groups -OCH3 is 1. The van der Waals surface area contributed by atoms with E-state index in [1.165, 1.54) is 11.8 Å². The van der Waals surface area contributed by atoms with Gasteiger partial charge < -0.3 is 10.1 Å². The van der Waals surface area contributed by atoms with Gasteiger partial charge in [0, 0.05) is 18.0 Å². The van der Waals surface area contributed by atoms with Gasteiger partial charge in [-0.05, 0) is 19.1 Å². The molecule has 6 heteroatoms. The molecule has 0 aliphatic rings. The molecule has 0 saturated heterocycles. The number of carbonyl (C=O) groups is 1. The summed E-state index contributed by atoms with van der Waals surface area (Å²) in [6, 6.07) is 5.27. The van der Waals surface area contributed by atoms with Crippen LogP contribution in [0.3, 0.4) is 0 Å². The number of ether oxygens (including phenoxy) is 1. The molecule has 18 heavy (non-hydrogen) atoms. The van der Waals surface area contributed by atoms with Gasteiger partial charge in [-0.3, -0.25) is 4.79 Å². The lowest BCUT2D eigenvalue weighted by molar-refractivity contribution is -0.119. The van der Waals surface area contributed by atoms with Gasteiger partial charge >= 0.3 is 0 Å². The molecule has 0 bridgehead atoms. The number of thioether (sulfide) groups is 1. The Morgan fingerprint density at radius 3 is 2.61 bits per heavy atom. The number of hydrogen-bond acceptors (Lipinski definition) is 3. The summed E-state index contributed by atoms with van der Waals surface area (Å²) in [5.41, 5.74) is 0. The molecule has 1 rings (SSSR count). The average Bonchev–Trinajstić information content (AvgIpc) is 2.28. The van der Waals surface area contributed by atoms with Gasteiger partial charge in [-0.15, -0.1) is 11.8 Å². The van der Waals surface area contributed by atoms with Crippen molar-refractivity contribution in [2.24, 2.45) is 0 Å². The summed E-state index contributed by atoms with van der Waals surface area (Å²) in [4.78, 5) is 12.4. The van der Waals surface area contributed by atoms with Crippen LogP contribution in [0.5, 0.6) is 0 Å². The molecule has 0 unspecified atom stereocenters. The Labute approximate surface area is 121 Å². The second-order valence-electron chi connectivity index (χ2n) is 3.76. The number of carbonyl (C=O) groups excluding carboxylic acids is 1. The predicted octanol–water partition coefficient (Wildman–Crippen LogP) is 3.24. The van der Waals surface area contributed by atoms with Crippen molar-refractivity contribution in [3.05, 3.63) is 28.2 Å². The highest BCUT2D eigenvalue weighted by molar-refractivity contribution is 8.00. The Balaban J connectivity index is 2.48. The van der Waals surface area contributed by atoms with Gasteiger partial charge in [-0.25, -0.2) is 0 Å². The van der Waals surface area contributed by atoms with Crippen molar-refractivity contribution in [3.63, 3.8) is 0 Å². The molecule has 3 nitrogen and oxygen atoms in total. The maximum absolute atomic E-state index is 11.7. The van der Waals surface area contributed by atoms with Crippen molar-refractivity contribution < 1.29 is 9.53 Å². The van der Waals surface area contributed by atoms with E-state index in [-0.39, 0.29) is 17.7 Å². The van der Waals surface area contributed by atoms with E-state index in [2.05, 4.69) is 5.32 Å². The summed E-state index contributed by atoms with van der Waals surface area (Å²) < 4.78 is 4.94. The first-order chi connectivity index (χ1) is 8.54. The van der Waals surface area contributed by atoms with Gasteiger partial charge in [0.05, 0.1) is 22.4 Å². The van der Waals surface area contributed by atoms with Crippen molar-refractivity contribution in [2.75, 3.05) is 19.5 Å². The van der Waals surface area contributed by atoms with E-state index >= 15 is 0 Å². The summed E-state index contributed by atoms with van der Waals surface area (Å²) in [6.45, 7) is 2.37. The third-order valence-corrected chi connectivity index (χ3v) is 4.08. The van der Waals surface area contributed by atoms with Crippen LogP contribution in [0.25, 0.3) is 0 Å². The monoisotopic (exact) mass is 307 g/mol. The second kappa shape index (κ2) is 7.89. The maximum atomic E-state index is 11.7. The highest BCUT2D eigenvalue weighted by Gasteiger charge is 2.11. The largest absolute Gasteiger partial charge is 0.383 e. The Morgan fingerprint density at radius 1 is 1.44 bits per heavy atom. The highest BCUT2D eigenvalue weighted by atomic mass is 35.5. The van der Waals surface area contributed by atoms with Gasteiger partial charge in [-0.1, -0.05) is 29.3 Å². The number of hydrogen-bond donors (Lipinski definition) is 1. The predicted molar refractivity (Wildman–Crippen MR) is 76.7 cm³/mol. The van der Waals surface area contributed by atoms with Gasteiger partial charge in [0.25, 0.3) is 0 Å². The summed E-state index contributed by atoms with van der Waals surface area (Å²) in [5.74, 6) is 0.206. The molecule has 100 valence electrons. The first kappa shape index (κ1) is 15.6. The molecular weight excluding hydrogens is 293 g/mol. The van der Waals surface area contributed by atoms with Crippen molar-refractivity contribution >= 4 is 40.9 Å². The number of halogens is 2. The standard InChI is InChI=1S/C12H15Cl2NO2S/c1-8(6-17-2)15-11(16)7-18-12-9(13)4-3-5-10(12)14/h3-5,8H,6-7H2,1-2H3,(H,15,16)/t8-/m1/s1. The Kier molecular flexibility index (Phi) is 6.86. The minimum absolute atomic E-state index is 0.00943. The molecule has 0 fully saturated rings. The average molecular weight is 308 g/mol. The molecule has 1 N–H and O–H groups in total. The fourth-order valence-corrected chi connectivity index (χ4v) is 2.86. The number of nitrogens with one attached hydrogen (secondary N) is 1. The zero-order valence-electron chi connectivity index (χ0n) is 10.2. The third kappa shape index (κ3) is 5.06. The first-order valence-electron chi connectivity index (χ1n) is 5.39. The molecule has 1 aromatic carbocycles. The summed E-state index contributed by atoms with van der Waals surface area (Å²) >= 11 is 13.3. The van der Waals surface area contributed by atoms with Crippen LogP contribution in [0.2, 0.25) is 10.0 Å². The van der Waals surface area contributed by atoms with Crippen LogP contribution in [-0.2, 0) is 9.53 Å². The van der Waals surface area contributed by atoms with Crippen LogP contribution in [0.15, 0.2) is 23.1 Å². The molecule has 0 aliphatic carbocycles. The van der Waals surface area contributed by atoms with E-state index in [0.29, 0.717) is 16.7 Å². The number of rotatable bonds is 6. The first-order valence-corrected chi connectivity index (χ1v) is 7.14. The van der Waals surface area contributed by atoms with Crippen LogP contribution < -0.4 is 5.32 Å². The zero-order chi connectivity index (χ0) is 13.5. The fraction of sp³-hybridized carbons (Fsp3) is 0.417. The van der Waals surface area contributed by atoms with Gasteiger partial charge in [0.2, 0.25) is 5.91 Å². The Hall–Kier alpha value is -0.420. The van der Waals surface area contributed by atoms with Crippen LogP contribution in [0, 0.1) is 0 Å². The molecule has 1 atom stereocenters. The molecule has 0 aliphatic heterocycles. The Bertz CT molecular complexity index is 395. The molecule has 0 spiro atoms. The summed E-state index contributed by atoms with van der Waals surface area (Å²) in [5, 5.41) is 3.94. The van der Waals surface area contributed by atoms with Crippen LogP contribution in [-0.4, -0.2) is 31.4 Å². The molecule has 1 aromatic rings. The van der Waals surface area contributed by atoms with E-state index in [4.69, 9.17) is 27.9 Å². The summed E-state index contributed by atoms with van der Waals surface area (Å²) in [6.07, 6.45) is 0.